The van der Waals surface area contributed by atoms with E-state index in [-0.39, 0.29) is 0 Å². The Hall–Kier alpha value is -8.47. The molecule has 2 aliphatic rings. The van der Waals surface area contributed by atoms with Gasteiger partial charge < -0.3 is 4.74 Å². The van der Waals surface area contributed by atoms with E-state index >= 15 is 0 Å². The first-order valence-corrected chi connectivity index (χ1v) is 21.7. The van der Waals surface area contributed by atoms with Gasteiger partial charge in [0.1, 0.15) is 11.5 Å². The van der Waals surface area contributed by atoms with E-state index < -0.39 is 5.41 Å². The van der Waals surface area contributed by atoms with E-state index in [9.17, 15) is 0 Å². The fourth-order valence-electron chi connectivity index (χ4n) is 10.3. The van der Waals surface area contributed by atoms with E-state index in [1.54, 1.807) is 0 Å². The highest BCUT2D eigenvalue weighted by Crippen LogP contribution is 2.62. The quantitative estimate of drug-likeness (QED) is 0.174. The summed E-state index contributed by atoms with van der Waals surface area (Å²) in [5.41, 5.74) is 14.2. The first-order chi connectivity index (χ1) is 31.7. The molecule has 0 radical (unpaired) electrons. The molecule has 0 saturated heterocycles. The Bertz CT molecular complexity index is 3630. The summed E-state index contributed by atoms with van der Waals surface area (Å²) in [5, 5.41) is 4.56. The normalized spacial score (nSPS) is 12.9. The Morgan fingerprint density at radius 2 is 0.766 bits per heavy atom. The van der Waals surface area contributed by atoms with Crippen LogP contribution in [0.2, 0.25) is 0 Å². The van der Waals surface area contributed by atoms with Crippen molar-refractivity contribution in [3.8, 4) is 79.0 Å². The van der Waals surface area contributed by atoms with E-state index in [1.807, 2.05) is 0 Å². The second-order valence-electron chi connectivity index (χ2n) is 16.7. The molecule has 1 aromatic heterocycles. The molecule has 0 unspecified atom stereocenters. The molecule has 10 aromatic carbocycles. The van der Waals surface area contributed by atoms with E-state index in [4.69, 9.17) is 19.7 Å². The van der Waals surface area contributed by atoms with Crippen LogP contribution in [0.1, 0.15) is 22.3 Å². The van der Waals surface area contributed by atoms with E-state index in [0.29, 0.717) is 17.5 Å². The molecule has 1 aliphatic heterocycles. The maximum absolute atomic E-state index is 6.59. The standard InChI is InChI=1S/C60H37N3O/c1-2-16-40-35-46(31-30-38(40)14-1)58-61-57(62-59(63-58)50-24-13-17-39-15-3-4-22-47(39)50)45-21-12-20-43(36-45)41-18-11-19-42(34-41)44-32-33-49-48-23-5-6-25-51(48)60(54(49)37-44)52-26-7-9-28-55(52)64-56-29-10-8-27-53(56)60/h1-37H. The molecular formula is C60H37N3O. The van der Waals surface area contributed by atoms with E-state index in [0.717, 1.165) is 77.7 Å². The van der Waals surface area contributed by atoms with Crippen molar-refractivity contribution in [1.29, 1.82) is 0 Å². The van der Waals surface area contributed by atoms with Crippen LogP contribution in [-0.4, -0.2) is 15.0 Å². The van der Waals surface area contributed by atoms with Crippen LogP contribution in [-0.2, 0) is 5.41 Å². The summed E-state index contributed by atoms with van der Waals surface area (Å²) in [6, 6.07) is 79.9. The lowest BCUT2D eigenvalue weighted by Crippen LogP contribution is -2.32. The first-order valence-electron chi connectivity index (χ1n) is 21.7. The lowest BCUT2D eigenvalue weighted by atomic mass is 9.66. The number of ether oxygens (including phenoxy) is 1. The van der Waals surface area contributed by atoms with Crippen molar-refractivity contribution >= 4 is 21.5 Å². The summed E-state index contributed by atoms with van der Waals surface area (Å²) in [7, 11) is 0. The molecular weight excluding hydrogens is 779 g/mol. The van der Waals surface area contributed by atoms with E-state index in [2.05, 4.69) is 224 Å². The van der Waals surface area contributed by atoms with Crippen LogP contribution in [0.5, 0.6) is 11.5 Å². The van der Waals surface area contributed by atoms with Crippen LogP contribution < -0.4 is 4.74 Å². The smallest absolute Gasteiger partial charge is 0.164 e. The zero-order valence-electron chi connectivity index (χ0n) is 34.6. The van der Waals surface area contributed by atoms with Crippen LogP contribution in [0, 0.1) is 0 Å². The molecule has 298 valence electrons. The molecule has 1 spiro atoms. The van der Waals surface area contributed by atoms with Gasteiger partial charge in [-0.25, -0.2) is 15.0 Å². The average Bonchev–Trinajstić information content (AvgIpc) is 3.65. The molecule has 64 heavy (non-hydrogen) atoms. The largest absolute Gasteiger partial charge is 0.457 e. The summed E-state index contributed by atoms with van der Waals surface area (Å²) in [4.78, 5) is 15.5. The molecule has 0 atom stereocenters. The fourth-order valence-corrected chi connectivity index (χ4v) is 10.3. The molecule has 4 heteroatoms. The summed E-state index contributed by atoms with van der Waals surface area (Å²) in [6.45, 7) is 0. The number of hydrogen-bond acceptors (Lipinski definition) is 4. The number of rotatable bonds is 5. The summed E-state index contributed by atoms with van der Waals surface area (Å²) >= 11 is 0. The topological polar surface area (TPSA) is 47.9 Å². The molecule has 13 rings (SSSR count). The van der Waals surface area contributed by atoms with Crippen LogP contribution in [0.15, 0.2) is 224 Å². The highest BCUT2D eigenvalue weighted by molar-refractivity contribution is 5.96. The minimum absolute atomic E-state index is 0.527. The van der Waals surface area contributed by atoms with Gasteiger partial charge in [0.05, 0.1) is 5.41 Å². The van der Waals surface area contributed by atoms with Crippen molar-refractivity contribution in [2.45, 2.75) is 5.41 Å². The van der Waals surface area contributed by atoms with Crippen molar-refractivity contribution in [1.82, 2.24) is 15.0 Å². The molecule has 2 heterocycles. The molecule has 11 aromatic rings. The predicted molar refractivity (Wildman–Crippen MR) is 259 cm³/mol. The maximum Gasteiger partial charge on any atom is 0.164 e. The van der Waals surface area contributed by atoms with Crippen molar-refractivity contribution in [2.75, 3.05) is 0 Å². The fraction of sp³-hybridized carbons (Fsp3) is 0.0167. The maximum atomic E-state index is 6.59. The number of fused-ring (bicyclic) bond motifs is 11. The zero-order valence-corrected chi connectivity index (χ0v) is 34.6. The van der Waals surface area contributed by atoms with Crippen molar-refractivity contribution < 1.29 is 4.74 Å². The Morgan fingerprint density at radius 1 is 0.281 bits per heavy atom. The third kappa shape index (κ3) is 5.59. The van der Waals surface area contributed by atoms with Gasteiger partial charge in [-0.3, -0.25) is 0 Å². The van der Waals surface area contributed by atoms with Gasteiger partial charge in [-0.15, -0.1) is 0 Å². The molecule has 0 saturated carbocycles. The van der Waals surface area contributed by atoms with Gasteiger partial charge in [0.25, 0.3) is 0 Å². The van der Waals surface area contributed by atoms with E-state index in [1.165, 1.54) is 27.6 Å². The molecule has 0 fully saturated rings. The van der Waals surface area contributed by atoms with Crippen molar-refractivity contribution in [3.05, 3.63) is 247 Å². The highest BCUT2D eigenvalue weighted by atomic mass is 16.5. The van der Waals surface area contributed by atoms with Gasteiger partial charge in [0.2, 0.25) is 0 Å². The Morgan fingerprint density at radius 3 is 1.52 bits per heavy atom. The number of para-hydroxylation sites is 2. The molecule has 0 N–H and O–H groups in total. The highest BCUT2D eigenvalue weighted by Gasteiger charge is 2.51. The summed E-state index contributed by atoms with van der Waals surface area (Å²) in [5.74, 6) is 3.69. The second kappa shape index (κ2) is 14.3. The minimum Gasteiger partial charge on any atom is -0.457 e. The second-order valence-corrected chi connectivity index (χ2v) is 16.7. The molecule has 4 nitrogen and oxygen atoms in total. The lowest BCUT2D eigenvalue weighted by molar-refractivity contribution is 0.436. The van der Waals surface area contributed by atoms with Crippen molar-refractivity contribution in [2.24, 2.45) is 0 Å². The van der Waals surface area contributed by atoms with Gasteiger partial charge in [0.15, 0.2) is 17.5 Å². The van der Waals surface area contributed by atoms with Gasteiger partial charge in [-0.2, -0.15) is 0 Å². The third-order valence-corrected chi connectivity index (χ3v) is 13.2. The molecule has 1 aliphatic carbocycles. The van der Waals surface area contributed by atoms with Crippen LogP contribution >= 0.6 is 0 Å². The van der Waals surface area contributed by atoms with Gasteiger partial charge in [-0.1, -0.05) is 188 Å². The number of nitrogens with zero attached hydrogens (tertiary/aromatic N) is 3. The third-order valence-electron chi connectivity index (χ3n) is 13.2. The number of hydrogen-bond donors (Lipinski definition) is 0. The minimum atomic E-state index is -0.527. The first kappa shape index (κ1) is 36.2. The summed E-state index contributed by atoms with van der Waals surface area (Å²) < 4.78 is 6.59. The molecule has 0 bridgehead atoms. The Kier molecular flexibility index (Phi) is 8.09. The van der Waals surface area contributed by atoms with Gasteiger partial charge in [-0.05, 0) is 102 Å². The lowest BCUT2D eigenvalue weighted by Gasteiger charge is -2.39. The van der Waals surface area contributed by atoms with Crippen LogP contribution in [0.4, 0.5) is 0 Å². The summed E-state index contributed by atoms with van der Waals surface area (Å²) in [6.07, 6.45) is 0. The predicted octanol–water partition coefficient (Wildman–Crippen LogP) is 15.0. The number of benzene rings is 10. The SMILES string of the molecule is c1cc(-c2cccc(-c3nc(-c4ccc5ccccc5c4)nc(-c4cccc5ccccc45)n3)c2)cc(-c2ccc3c(c2)C2(c4ccccc4Oc4ccccc42)c2ccccc2-3)c1. The van der Waals surface area contributed by atoms with Crippen LogP contribution in [0.25, 0.3) is 89.1 Å². The Balaban J connectivity index is 0.934. The monoisotopic (exact) mass is 815 g/mol. The zero-order chi connectivity index (χ0) is 42.2. The van der Waals surface area contributed by atoms with Gasteiger partial charge in [0, 0.05) is 27.8 Å². The molecule has 0 amide bonds. The average molecular weight is 816 g/mol. The number of aromatic nitrogens is 3. The van der Waals surface area contributed by atoms with Gasteiger partial charge >= 0.3 is 0 Å². The van der Waals surface area contributed by atoms with Crippen LogP contribution in [0.3, 0.4) is 0 Å². The van der Waals surface area contributed by atoms with Crippen molar-refractivity contribution in [3.63, 3.8) is 0 Å². The Labute approximate surface area is 370 Å².